The van der Waals surface area contributed by atoms with E-state index in [1.165, 1.54) is 6.33 Å². The summed E-state index contributed by atoms with van der Waals surface area (Å²) in [5.41, 5.74) is 0.905. The maximum atomic E-state index is 11.9. The van der Waals surface area contributed by atoms with Gasteiger partial charge in [0.25, 0.3) is 0 Å². The van der Waals surface area contributed by atoms with E-state index in [0.717, 1.165) is 25.1 Å². The zero-order valence-electron chi connectivity index (χ0n) is 10.1. The number of amides is 1. The van der Waals surface area contributed by atoms with Crippen molar-refractivity contribution in [3.63, 3.8) is 0 Å². The standard InChI is InChI=1S/C12H18N4O/c1-2-16(11-3-4-11)12(17)8-14-7-10-5-6-13-9-15-10/h5-6,9,11,14H,2-4,7-8H2,1H3. The van der Waals surface area contributed by atoms with Gasteiger partial charge in [-0.2, -0.15) is 0 Å². The Bertz CT molecular complexity index is 364. The number of carbonyl (C=O) groups excluding carboxylic acids is 1. The van der Waals surface area contributed by atoms with Gasteiger partial charge in [-0.1, -0.05) is 0 Å². The Morgan fingerprint density at radius 3 is 3.00 bits per heavy atom. The lowest BCUT2D eigenvalue weighted by Gasteiger charge is -2.20. The highest BCUT2D eigenvalue weighted by molar-refractivity contribution is 5.78. The average molecular weight is 234 g/mol. The zero-order valence-corrected chi connectivity index (χ0v) is 10.1. The van der Waals surface area contributed by atoms with Crippen LogP contribution in [0.3, 0.4) is 0 Å². The van der Waals surface area contributed by atoms with E-state index < -0.39 is 0 Å². The number of hydrogen-bond acceptors (Lipinski definition) is 4. The molecule has 0 bridgehead atoms. The maximum Gasteiger partial charge on any atom is 0.236 e. The van der Waals surface area contributed by atoms with Gasteiger partial charge >= 0.3 is 0 Å². The molecule has 1 aromatic rings. The summed E-state index contributed by atoms with van der Waals surface area (Å²) in [5.74, 6) is 0.184. The first kappa shape index (κ1) is 12.0. The van der Waals surface area contributed by atoms with Crippen LogP contribution in [0.25, 0.3) is 0 Å². The Hall–Kier alpha value is -1.49. The van der Waals surface area contributed by atoms with Crippen LogP contribution < -0.4 is 5.32 Å². The molecule has 0 aromatic carbocycles. The van der Waals surface area contributed by atoms with Crippen LogP contribution in [0.2, 0.25) is 0 Å². The van der Waals surface area contributed by atoms with Gasteiger partial charge in [-0.25, -0.2) is 9.97 Å². The summed E-state index contributed by atoms with van der Waals surface area (Å²) in [6.45, 7) is 3.82. The fourth-order valence-electron chi connectivity index (χ4n) is 1.85. The van der Waals surface area contributed by atoms with Crippen molar-refractivity contribution in [2.45, 2.75) is 32.4 Å². The number of aromatic nitrogens is 2. The molecule has 1 heterocycles. The highest BCUT2D eigenvalue weighted by Gasteiger charge is 2.30. The molecule has 0 aliphatic heterocycles. The summed E-state index contributed by atoms with van der Waals surface area (Å²) < 4.78 is 0. The second-order valence-corrected chi connectivity index (χ2v) is 4.22. The van der Waals surface area contributed by atoms with Gasteiger partial charge in [0.05, 0.1) is 12.2 Å². The molecule has 1 fully saturated rings. The molecule has 0 saturated heterocycles. The number of hydrogen-bond donors (Lipinski definition) is 1. The molecule has 0 spiro atoms. The van der Waals surface area contributed by atoms with Gasteiger partial charge in [-0.3, -0.25) is 4.79 Å². The number of rotatable bonds is 6. The Balaban J connectivity index is 1.72. The van der Waals surface area contributed by atoms with E-state index in [2.05, 4.69) is 15.3 Å². The first-order chi connectivity index (χ1) is 8.31. The molecule has 1 aliphatic carbocycles. The summed E-state index contributed by atoms with van der Waals surface area (Å²) in [6, 6.07) is 2.34. The van der Waals surface area contributed by atoms with E-state index in [1.807, 2.05) is 17.9 Å². The molecule has 0 unspecified atom stereocenters. The summed E-state index contributed by atoms with van der Waals surface area (Å²) in [5, 5.41) is 3.12. The molecule has 1 saturated carbocycles. The molecule has 5 heteroatoms. The zero-order chi connectivity index (χ0) is 12.1. The SMILES string of the molecule is CCN(C(=O)CNCc1ccncn1)C1CC1. The maximum absolute atomic E-state index is 11.9. The summed E-state index contributed by atoms with van der Waals surface area (Å²) >= 11 is 0. The van der Waals surface area contributed by atoms with Crippen LogP contribution in [-0.4, -0.2) is 39.9 Å². The molecule has 1 amide bonds. The summed E-state index contributed by atoms with van der Waals surface area (Å²) in [4.78, 5) is 21.8. The molecule has 2 rings (SSSR count). The molecular weight excluding hydrogens is 216 g/mol. The van der Waals surface area contributed by atoms with Crippen molar-refractivity contribution in [2.24, 2.45) is 0 Å². The van der Waals surface area contributed by atoms with E-state index in [9.17, 15) is 4.79 Å². The van der Waals surface area contributed by atoms with Crippen molar-refractivity contribution in [2.75, 3.05) is 13.1 Å². The van der Waals surface area contributed by atoms with Crippen molar-refractivity contribution < 1.29 is 4.79 Å². The molecule has 1 N–H and O–H groups in total. The molecule has 1 aromatic heterocycles. The second-order valence-electron chi connectivity index (χ2n) is 4.22. The van der Waals surface area contributed by atoms with Crippen LogP contribution in [0.1, 0.15) is 25.5 Å². The number of carbonyl (C=O) groups is 1. The molecule has 0 atom stereocenters. The minimum atomic E-state index is 0.184. The highest BCUT2D eigenvalue weighted by Crippen LogP contribution is 2.26. The molecule has 0 radical (unpaired) electrons. The molecule has 1 aliphatic rings. The van der Waals surface area contributed by atoms with Crippen LogP contribution in [0, 0.1) is 0 Å². The van der Waals surface area contributed by atoms with Crippen molar-refractivity contribution in [1.29, 1.82) is 0 Å². The first-order valence-corrected chi connectivity index (χ1v) is 6.06. The smallest absolute Gasteiger partial charge is 0.236 e. The minimum absolute atomic E-state index is 0.184. The molecule has 5 nitrogen and oxygen atoms in total. The number of nitrogens with zero attached hydrogens (tertiary/aromatic N) is 3. The highest BCUT2D eigenvalue weighted by atomic mass is 16.2. The van der Waals surface area contributed by atoms with Gasteiger partial charge in [-0.05, 0) is 25.8 Å². The lowest BCUT2D eigenvalue weighted by molar-refractivity contribution is -0.130. The number of likely N-dealkylation sites (N-methyl/N-ethyl adjacent to an activating group) is 1. The van der Waals surface area contributed by atoms with Crippen molar-refractivity contribution in [3.05, 3.63) is 24.3 Å². The largest absolute Gasteiger partial charge is 0.339 e. The van der Waals surface area contributed by atoms with Crippen LogP contribution in [0.5, 0.6) is 0 Å². The summed E-state index contributed by atoms with van der Waals surface area (Å²) in [6.07, 6.45) is 5.53. The fraction of sp³-hybridized carbons (Fsp3) is 0.583. The van der Waals surface area contributed by atoms with Crippen LogP contribution in [0.4, 0.5) is 0 Å². The topological polar surface area (TPSA) is 58.1 Å². The van der Waals surface area contributed by atoms with E-state index in [-0.39, 0.29) is 5.91 Å². The molecule has 17 heavy (non-hydrogen) atoms. The fourth-order valence-corrected chi connectivity index (χ4v) is 1.85. The van der Waals surface area contributed by atoms with E-state index in [4.69, 9.17) is 0 Å². The Morgan fingerprint density at radius 1 is 1.59 bits per heavy atom. The van der Waals surface area contributed by atoms with Crippen LogP contribution in [-0.2, 0) is 11.3 Å². The van der Waals surface area contributed by atoms with Gasteiger partial charge in [0.1, 0.15) is 6.33 Å². The second kappa shape index (κ2) is 5.72. The normalized spacial score (nSPS) is 14.6. The average Bonchev–Trinajstić information content (AvgIpc) is 3.16. The number of nitrogens with one attached hydrogen (secondary N) is 1. The van der Waals surface area contributed by atoms with Gasteiger partial charge < -0.3 is 10.2 Å². The van der Waals surface area contributed by atoms with Gasteiger partial charge in [0.15, 0.2) is 0 Å². The van der Waals surface area contributed by atoms with Crippen molar-refractivity contribution in [1.82, 2.24) is 20.2 Å². The molecule has 92 valence electrons. The van der Waals surface area contributed by atoms with E-state index >= 15 is 0 Å². The van der Waals surface area contributed by atoms with Crippen molar-refractivity contribution in [3.8, 4) is 0 Å². The van der Waals surface area contributed by atoms with Crippen LogP contribution >= 0.6 is 0 Å². The van der Waals surface area contributed by atoms with Crippen molar-refractivity contribution >= 4 is 5.91 Å². The predicted octanol–water partition coefficient (Wildman–Crippen LogP) is 0.577. The molecular formula is C12H18N4O. The first-order valence-electron chi connectivity index (χ1n) is 6.06. The Morgan fingerprint density at radius 2 is 2.41 bits per heavy atom. The Kier molecular flexibility index (Phi) is 4.03. The monoisotopic (exact) mass is 234 g/mol. The third kappa shape index (κ3) is 3.49. The lowest BCUT2D eigenvalue weighted by atomic mass is 10.4. The van der Waals surface area contributed by atoms with Crippen LogP contribution in [0.15, 0.2) is 18.6 Å². The minimum Gasteiger partial charge on any atom is -0.339 e. The predicted molar refractivity (Wildman–Crippen MR) is 64.1 cm³/mol. The Labute approximate surface area is 101 Å². The van der Waals surface area contributed by atoms with Gasteiger partial charge in [0, 0.05) is 25.3 Å². The van der Waals surface area contributed by atoms with Gasteiger partial charge in [0.2, 0.25) is 5.91 Å². The third-order valence-corrected chi connectivity index (χ3v) is 2.87. The third-order valence-electron chi connectivity index (χ3n) is 2.87. The summed E-state index contributed by atoms with van der Waals surface area (Å²) in [7, 11) is 0. The van der Waals surface area contributed by atoms with E-state index in [1.54, 1.807) is 6.20 Å². The lowest BCUT2D eigenvalue weighted by Crippen LogP contribution is -2.39. The van der Waals surface area contributed by atoms with Gasteiger partial charge in [-0.15, -0.1) is 0 Å². The quantitative estimate of drug-likeness (QED) is 0.782. The van der Waals surface area contributed by atoms with E-state index in [0.29, 0.717) is 19.1 Å².